The zero-order valence-corrected chi connectivity index (χ0v) is 13.2. The molecule has 0 saturated carbocycles. The first kappa shape index (κ1) is 17.5. The van der Waals surface area contributed by atoms with Crippen molar-refractivity contribution in [1.82, 2.24) is 5.32 Å². The van der Waals surface area contributed by atoms with Gasteiger partial charge in [0.25, 0.3) is 0 Å². The second-order valence-electron chi connectivity index (χ2n) is 5.05. The molecule has 4 nitrogen and oxygen atoms in total. The Bertz CT molecular complexity index is 736. The van der Waals surface area contributed by atoms with E-state index in [2.05, 4.69) is 17.2 Å². The van der Waals surface area contributed by atoms with Gasteiger partial charge in [-0.15, -0.1) is 0 Å². The van der Waals surface area contributed by atoms with Crippen LogP contribution in [-0.4, -0.2) is 12.6 Å². The molecule has 0 spiro atoms. The molecule has 0 bridgehead atoms. The number of carbonyl (C=O) groups is 1. The normalized spacial score (nSPS) is 9.75. The van der Waals surface area contributed by atoms with E-state index < -0.39 is 6.09 Å². The second kappa shape index (κ2) is 9.33. The predicted octanol–water partition coefficient (Wildman–Crippen LogP) is 2.95. The average molecular weight is 326 g/mol. The second-order valence-corrected chi connectivity index (χ2v) is 5.05. The Hall–Kier alpha value is -2.84. The lowest BCUT2D eigenvalue weighted by atomic mass is 10.1. The molecule has 124 valence electrons. The number of benzene rings is 2. The molecular formula is C19H19FN2O2. The van der Waals surface area contributed by atoms with Crippen molar-refractivity contribution < 1.29 is 13.9 Å². The van der Waals surface area contributed by atoms with E-state index in [-0.39, 0.29) is 12.4 Å². The standard InChI is InChI=1S/C19H19FN2O2/c20-18-10-9-17(13-21)16(12-18)8-4-5-11-22-19(23)24-14-15-6-2-1-3-7-15/h1-3,6-7,9-10,12H,5,11,13-14,21H2,(H,22,23). The van der Waals surface area contributed by atoms with Gasteiger partial charge in [0.05, 0.1) is 0 Å². The highest BCUT2D eigenvalue weighted by molar-refractivity contribution is 5.67. The van der Waals surface area contributed by atoms with Crippen LogP contribution in [0.4, 0.5) is 9.18 Å². The molecule has 0 radical (unpaired) electrons. The Morgan fingerprint density at radius 3 is 2.75 bits per heavy atom. The first-order valence-corrected chi connectivity index (χ1v) is 7.61. The molecule has 0 aromatic heterocycles. The molecule has 0 saturated heterocycles. The molecule has 0 aliphatic rings. The quantitative estimate of drug-likeness (QED) is 0.656. The molecule has 2 aromatic rings. The van der Waals surface area contributed by atoms with Crippen molar-refractivity contribution in [2.75, 3.05) is 6.54 Å². The molecule has 0 unspecified atom stereocenters. The van der Waals surface area contributed by atoms with Gasteiger partial charge in [0.2, 0.25) is 0 Å². The Morgan fingerprint density at radius 1 is 1.21 bits per heavy atom. The van der Waals surface area contributed by atoms with Gasteiger partial charge in [-0.25, -0.2) is 9.18 Å². The van der Waals surface area contributed by atoms with Crippen LogP contribution in [0, 0.1) is 17.7 Å². The molecular weight excluding hydrogens is 307 g/mol. The van der Waals surface area contributed by atoms with Crippen molar-refractivity contribution in [3.05, 3.63) is 71.0 Å². The Labute approximate surface area is 140 Å². The highest BCUT2D eigenvalue weighted by Gasteiger charge is 2.01. The number of rotatable bonds is 5. The van der Waals surface area contributed by atoms with Crippen molar-refractivity contribution in [2.45, 2.75) is 19.6 Å². The van der Waals surface area contributed by atoms with Gasteiger partial charge in [-0.05, 0) is 23.3 Å². The zero-order valence-electron chi connectivity index (χ0n) is 13.2. The molecule has 0 atom stereocenters. The molecule has 0 aliphatic heterocycles. The summed E-state index contributed by atoms with van der Waals surface area (Å²) in [5.74, 6) is 5.42. The lowest BCUT2D eigenvalue weighted by molar-refractivity contribution is 0.140. The summed E-state index contributed by atoms with van der Waals surface area (Å²) in [4.78, 5) is 11.5. The van der Waals surface area contributed by atoms with Crippen LogP contribution in [0.25, 0.3) is 0 Å². The third-order valence-electron chi connectivity index (χ3n) is 3.25. The maximum absolute atomic E-state index is 13.2. The minimum Gasteiger partial charge on any atom is -0.445 e. The molecule has 0 aliphatic carbocycles. The summed E-state index contributed by atoms with van der Waals surface area (Å²) in [7, 11) is 0. The SMILES string of the molecule is NCc1ccc(F)cc1C#CCCNC(=O)OCc1ccccc1. The maximum atomic E-state index is 13.2. The Balaban J connectivity index is 1.73. The van der Waals surface area contributed by atoms with Gasteiger partial charge in [0, 0.05) is 25.1 Å². The molecule has 3 N–H and O–H groups in total. The van der Waals surface area contributed by atoms with Gasteiger partial charge < -0.3 is 15.8 Å². The summed E-state index contributed by atoms with van der Waals surface area (Å²) in [5.41, 5.74) is 7.88. The van der Waals surface area contributed by atoms with Crippen LogP contribution in [-0.2, 0) is 17.9 Å². The van der Waals surface area contributed by atoms with E-state index in [0.29, 0.717) is 25.1 Å². The van der Waals surface area contributed by atoms with Gasteiger partial charge >= 0.3 is 6.09 Å². The van der Waals surface area contributed by atoms with Crippen LogP contribution in [0.15, 0.2) is 48.5 Å². The summed E-state index contributed by atoms with van der Waals surface area (Å²) >= 11 is 0. The first-order chi connectivity index (χ1) is 11.7. The van der Waals surface area contributed by atoms with E-state index in [4.69, 9.17) is 10.5 Å². The van der Waals surface area contributed by atoms with Crippen molar-refractivity contribution in [3.63, 3.8) is 0 Å². The van der Waals surface area contributed by atoms with E-state index >= 15 is 0 Å². The van der Waals surface area contributed by atoms with Crippen molar-refractivity contribution in [2.24, 2.45) is 5.73 Å². The summed E-state index contributed by atoms with van der Waals surface area (Å²) in [6.07, 6.45) is -0.0601. The smallest absolute Gasteiger partial charge is 0.407 e. The largest absolute Gasteiger partial charge is 0.445 e. The third kappa shape index (κ3) is 5.75. The molecule has 2 rings (SSSR count). The number of carbonyl (C=O) groups excluding carboxylic acids is 1. The first-order valence-electron chi connectivity index (χ1n) is 7.61. The lowest BCUT2D eigenvalue weighted by Crippen LogP contribution is -2.24. The molecule has 5 heteroatoms. The van der Waals surface area contributed by atoms with Gasteiger partial charge in [0.15, 0.2) is 0 Å². The fourth-order valence-electron chi connectivity index (χ4n) is 2.00. The fourth-order valence-corrected chi connectivity index (χ4v) is 2.00. The van der Waals surface area contributed by atoms with Crippen molar-refractivity contribution in [1.29, 1.82) is 0 Å². The highest BCUT2D eigenvalue weighted by atomic mass is 19.1. The fraction of sp³-hybridized carbons (Fsp3) is 0.211. The van der Waals surface area contributed by atoms with E-state index in [1.165, 1.54) is 12.1 Å². The average Bonchev–Trinajstić information content (AvgIpc) is 2.61. The Kier molecular flexibility index (Phi) is 6.81. The van der Waals surface area contributed by atoms with Gasteiger partial charge in [-0.3, -0.25) is 0 Å². The molecule has 0 heterocycles. The third-order valence-corrected chi connectivity index (χ3v) is 3.25. The minimum absolute atomic E-state index is 0.224. The number of nitrogens with two attached hydrogens (primary N) is 1. The van der Waals surface area contributed by atoms with Crippen LogP contribution in [0.2, 0.25) is 0 Å². The van der Waals surface area contributed by atoms with Gasteiger partial charge in [0.1, 0.15) is 12.4 Å². The number of amides is 1. The topological polar surface area (TPSA) is 64.3 Å². The number of hydrogen-bond acceptors (Lipinski definition) is 3. The number of alkyl carbamates (subject to hydrolysis) is 1. The predicted molar refractivity (Wildman–Crippen MR) is 90.4 cm³/mol. The van der Waals surface area contributed by atoms with E-state index in [9.17, 15) is 9.18 Å². The van der Waals surface area contributed by atoms with Crippen LogP contribution >= 0.6 is 0 Å². The zero-order chi connectivity index (χ0) is 17.2. The summed E-state index contributed by atoms with van der Waals surface area (Å²) in [6.45, 7) is 0.879. The number of ether oxygens (including phenoxy) is 1. The van der Waals surface area contributed by atoms with Crippen LogP contribution in [0.1, 0.15) is 23.1 Å². The van der Waals surface area contributed by atoms with Crippen LogP contribution in [0.3, 0.4) is 0 Å². The monoisotopic (exact) mass is 326 g/mol. The lowest BCUT2D eigenvalue weighted by Gasteiger charge is -2.05. The van der Waals surface area contributed by atoms with Crippen LogP contribution < -0.4 is 11.1 Å². The maximum Gasteiger partial charge on any atom is 0.407 e. The number of hydrogen-bond donors (Lipinski definition) is 2. The van der Waals surface area contributed by atoms with Gasteiger partial charge in [-0.2, -0.15) is 0 Å². The van der Waals surface area contributed by atoms with E-state index in [0.717, 1.165) is 11.1 Å². The number of halogens is 1. The minimum atomic E-state index is -0.492. The molecule has 2 aromatic carbocycles. The highest BCUT2D eigenvalue weighted by Crippen LogP contribution is 2.09. The van der Waals surface area contributed by atoms with E-state index in [1.807, 2.05) is 30.3 Å². The summed E-state index contributed by atoms with van der Waals surface area (Å²) in [5, 5.41) is 2.62. The number of nitrogens with one attached hydrogen (secondary N) is 1. The van der Waals surface area contributed by atoms with E-state index in [1.54, 1.807) is 6.07 Å². The summed E-state index contributed by atoms with van der Waals surface area (Å²) in [6, 6.07) is 13.8. The van der Waals surface area contributed by atoms with Crippen molar-refractivity contribution >= 4 is 6.09 Å². The van der Waals surface area contributed by atoms with Crippen LogP contribution in [0.5, 0.6) is 0 Å². The molecule has 1 amide bonds. The van der Waals surface area contributed by atoms with Gasteiger partial charge in [-0.1, -0.05) is 48.2 Å². The van der Waals surface area contributed by atoms with Crippen molar-refractivity contribution in [3.8, 4) is 11.8 Å². The summed E-state index contributed by atoms with van der Waals surface area (Å²) < 4.78 is 18.3. The molecule has 0 fully saturated rings. The molecule has 24 heavy (non-hydrogen) atoms. The Morgan fingerprint density at radius 2 is 2.00 bits per heavy atom.